The lowest BCUT2D eigenvalue weighted by Crippen LogP contribution is -2.18. The van der Waals surface area contributed by atoms with Crippen LogP contribution in [0.3, 0.4) is 0 Å². The summed E-state index contributed by atoms with van der Waals surface area (Å²) in [5.41, 5.74) is 8.50. The van der Waals surface area contributed by atoms with Crippen LogP contribution < -0.4 is 10.6 Å². The zero-order valence-corrected chi connectivity index (χ0v) is 12.4. The van der Waals surface area contributed by atoms with E-state index in [1.54, 1.807) is 6.07 Å². The molecule has 0 amide bonds. The molecule has 2 aromatic rings. The topological polar surface area (TPSA) is 29.3 Å². The van der Waals surface area contributed by atoms with Gasteiger partial charge >= 0.3 is 0 Å². The van der Waals surface area contributed by atoms with Crippen molar-refractivity contribution in [2.24, 2.45) is 5.73 Å². The highest BCUT2D eigenvalue weighted by Crippen LogP contribution is 2.28. The molecule has 0 aromatic heterocycles. The van der Waals surface area contributed by atoms with Gasteiger partial charge in [-0.3, -0.25) is 0 Å². The minimum absolute atomic E-state index is 0.0688. The molecule has 0 aliphatic carbocycles. The third-order valence-corrected chi connectivity index (χ3v) is 3.51. The predicted octanol–water partition coefficient (Wildman–Crippen LogP) is 4.14. The zero-order valence-electron chi connectivity index (χ0n) is 11.6. The van der Waals surface area contributed by atoms with E-state index in [1.165, 1.54) is 12.1 Å². The molecule has 0 saturated carbocycles. The third-order valence-electron chi connectivity index (χ3n) is 3.16. The van der Waals surface area contributed by atoms with Crippen molar-refractivity contribution in [3.63, 3.8) is 0 Å². The Labute approximate surface area is 124 Å². The van der Waals surface area contributed by atoms with Crippen molar-refractivity contribution in [1.82, 2.24) is 0 Å². The van der Waals surface area contributed by atoms with E-state index in [0.717, 1.165) is 23.4 Å². The number of rotatable bonds is 4. The Balaban J connectivity index is 2.27. The molecular formula is C16H18ClFN2. The lowest BCUT2D eigenvalue weighted by Gasteiger charge is -2.20. The maximum absolute atomic E-state index is 13.3. The minimum Gasteiger partial charge on any atom is -0.344 e. The van der Waals surface area contributed by atoms with Gasteiger partial charge < -0.3 is 10.6 Å². The number of anilines is 2. The summed E-state index contributed by atoms with van der Waals surface area (Å²) in [5, 5.41) is 0.683. The summed E-state index contributed by atoms with van der Waals surface area (Å²) in [7, 11) is 1.88. The van der Waals surface area contributed by atoms with Crippen molar-refractivity contribution in [3.05, 3.63) is 58.9 Å². The molecule has 20 heavy (non-hydrogen) atoms. The summed E-state index contributed by atoms with van der Waals surface area (Å²) in [6, 6.07) is 12.3. The maximum Gasteiger partial charge on any atom is 0.125 e. The van der Waals surface area contributed by atoms with Gasteiger partial charge in [0.1, 0.15) is 5.82 Å². The predicted molar refractivity (Wildman–Crippen MR) is 83.3 cm³/mol. The fourth-order valence-corrected chi connectivity index (χ4v) is 2.34. The van der Waals surface area contributed by atoms with Crippen molar-refractivity contribution in [3.8, 4) is 0 Å². The van der Waals surface area contributed by atoms with E-state index in [2.05, 4.69) is 0 Å². The third kappa shape index (κ3) is 3.50. The van der Waals surface area contributed by atoms with Crippen LogP contribution in [-0.4, -0.2) is 13.1 Å². The molecule has 1 atom stereocenters. The van der Waals surface area contributed by atoms with E-state index in [1.807, 2.05) is 43.1 Å². The molecule has 0 spiro atoms. The van der Waals surface area contributed by atoms with Crippen LogP contribution in [0, 0.1) is 5.82 Å². The van der Waals surface area contributed by atoms with Crippen LogP contribution in [0.15, 0.2) is 42.5 Å². The highest BCUT2D eigenvalue weighted by Gasteiger charge is 2.09. The fraction of sp³-hybridized carbons (Fsp3) is 0.250. The van der Waals surface area contributed by atoms with E-state index >= 15 is 0 Å². The molecule has 0 radical (unpaired) electrons. The van der Waals surface area contributed by atoms with Gasteiger partial charge in [0.25, 0.3) is 0 Å². The van der Waals surface area contributed by atoms with Gasteiger partial charge in [-0.05, 0) is 49.2 Å². The Kier molecular flexibility index (Phi) is 4.63. The van der Waals surface area contributed by atoms with Crippen LogP contribution in [0.2, 0.25) is 5.02 Å². The first-order valence-corrected chi connectivity index (χ1v) is 6.88. The SMILES string of the molecule is CC(N)Cc1ccc(N(C)c2cccc(F)c2)cc1Cl. The molecule has 106 valence electrons. The van der Waals surface area contributed by atoms with Gasteiger partial charge in [-0.25, -0.2) is 4.39 Å². The Morgan fingerprint density at radius 2 is 1.90 bits per heavy atom. The first kappa shape index (κ1) is 14.8. The summed E-state index contributed by atoms with van der Waals surface area (Å²) >= 11 is 6.28. The van der Waals surface area contributed by atoms with E-state index in [0.29, 0.717) is 5.02 Å². The zero-order chi connectivity index (χ0) is 14.7. The van der Waals surface area contributed by atoms with Crippen LogP contribution in [0.5, 0.6) is 0 Å². The van der Waals surface area contributed by atoms with Crippen LogP contribution >= 0.6 is 11.6 Å². The quantitative estimate of drug-likeness (QED) is 0.918. The number of hydrogen-bond acceptors (Lipinski definition) is 2. The first-order chi connectivity index (χ1) is 9.47. The second-order valence-electron chi connectivity index (χ2n) is 5.00. The number of nitrogens with two attached hydrogens (primary N) is 1. The molecule has 0 heterocycles. The standard InChI is InChI=1S/C16H18ClFN2/c1-11(19)8-12-6-7-15(10-16(12)17)20(2)14-5-3-4-13(18)9-14/h3-7,9-11H,8,19H2,1-2H3. The summed E-state index contributed by atoms with van der Waals surface area (Å²) in [6.07, 6.45) is 0.739. The second kappa shape index (κ2) is 6.25. The maximum atomic E-state index is 13.3. The molecule has 0 aliphatic heterocycles. The molecule has 0 saturated heterocycles. The van der Waals surface area contributed by atoms with Crippen molar-refractivity contribution in [1.29, 1.82) is 0 Å². The monoisotopic (exact) mass is 292 g/mol. The van der Waals surface area contributed by atoms with E-state index in [-0.39, 0.29) is 11.9 Å². The van der Waals surface area contributed by atoms with Gasteiger partial charge in [-0.15, -0.1) is 0 Å². The molecule has 2 nitrogen and oxygen atoms in total. The van der Waals surface area contributed by atoms with Crippen LogP contribution in [-0.2, 0) is 6.42 Å². The minimum atomic E-state index is -0.256. The Morgan fingerprint density at radius 1 is 1.20 bits per heavy atom. The molecule has 0 aliphatic rings. The number of benzene rings is 2. The van der Waals surface area contributed by atoms with E-state index < -0.39 is 0 Å². The Morgan fingerprint density at radius 3 is 2.50 bits per heavy atom. The van der Waals surface area contributed by atoms with Gasteiger partial charge in [0.05, 0.1) is 0 Å². The number of halogens is 2. The van der Waals surface area contributed by atoms with Gasteiger partial charge in [-0.2, -0.15) is 0 Å². The summed E-state index contributed by atoms with van der Waals surface area (Å²) in [5.74, 6) is -0.256. The number of hydrogen-bond donors (Lipinski definition) is 1. The smallest absolute Gasteiger partial charge is 0.125 e. The van der Waals surface area contributed by atoms with Gasteiger partial charge in [0.15, 0.2) is 0 Å². The average molecular weight is 293 g/mol. The molecule has 2 rings (SSSR count). The molecule has 0 fully saturated rings. The highest BCUT2D eigenvalue weighted by molar-refractivity contribution is 6.31. The Hall–Kier alpha value is -1.58. The Bertz CT molecular complexity index is 599. The van der Waals surface area contributed by atoms with Crippen molar-refractivity contribution in [2.45, 2.75) is 19.4 Å². The van der Waals surface area contributed by atoms with Crippen LogP contribution in [0.1, 0.15) is 12.5 Å². The normalized spacial score (nSPS) is 12.2. The van der Waals surface area contributed by atoms with Gasteiger partial charge in [0, 0.05) is 29.5 Å². The number of nitrogens with zero attached hydrogens (tertiary/aromatic N) is 1. The summed E-state index contributed by atoms with van der Waals surface area (Å²) in [6.45, 7) is 1.95. The largest absolute Gasteiger partial charge is 0.344 e. The summed E-state index contributed by atoms with van der Waals surface area (Å²) < 4.78 is 13.3. The van der Waals surface area contributed by atoms with Crippen LogP contribution in [0.25, 0.3) is 0 Å². The average Bonchev–Trinajstić information content (AvgIpc) is 2.40. The van der Waals surface area contributed by atoms with Crippen molar-refractivity contribution in [2.75, 3.05) is 11.9 Å². The van der Waals surface area contributed by atoms with Crippen molar-refractivity contribution >= 4 is 23.0 Å². The highest BCUT2D eigenvalue weighted by atomic mass is 35.5. The lowest BCUT2D eigenvalue weighted by molar-refractivity contribution is 0.628. The van der Waals surface area contributed by atoms with E-state index in [9.17, 15) is 4.39 Å². The summed E-state index contributed by atoms with van der Waals surface area (Å²) in [4.78, 5) is 1.89. The lowest BCUT2D eigenvalue weighted by atomic mass is 10.1. The molecule has 1 unspecified atom stereocenters. The molecule has 2 aromatic carbocycles. The molecule has 0 bridgehead atoms. The van der Waals surface area contributed by atoms with Gasteiger partial charge in [-0.1, -0.05) is 23.7 Å². The van der Waals surface area contributed by atoms with Gasteiger partial charge in [0.2, 0.25) is 0 Å². The molecule has 4 heteroatoms. The van der Waals surface area contributed by atoms with Crippen LogP contribution in [0.4, 0.5) is 15.8 Å². The fourth-order valence-electron chi connectivity index (χ4n) is 2.09. The second-order valence-corrected chi connectivity index (χ2v) is 5.40. The molecule has 2 N–H and O–H groups in total. The first-order valence-electron chi connectivity index (χ1n) is 6.50. The van der Waals surface area contributed by atoms with Crippen molar-refractivity contribution < 1.29 is 4.39 Å². The van der Waals surface area contributed by atoms with E-state index in [4.69, 9.17) is 17.3 Å². The molecular weight excluding hydrogens is 275 g/mol.